The second-order valence-corrected chi connectivity index (χ2v) is 6.18. The molecule has 2 amide bonds. The van der Waals surface area contributed by atoms with Gasteiger partial charge in [0.1, 0.15) is 0 Å². The van der Waals surface area contributed by atoms with Gasteiger partial charge in [-0.05, 0) is 48.7 Å². The van der Waals surface area contributed by atoms with E-state index in [9.17, 15) is 9.59 Å². The van der Waals surface area contributed by atoms with Crippen molar-refractivity contribution in [1.82, 2.24) is 4.90 Å². The van der Waals surface area contributed by atoms with Crippen LogP contribution in [-0.4, -0.2) is 29.8 Å². The van der Waals surface area contributed by atoms with Crippen LogP contribution in [0, 0.1) is 0 Å². The van der Waals surface area contributed by atoms with Gasteiger partial charge in [0.15, 0.2) is 11.5 Å². The predicted octanol–water partition coefficient (Wildman–Crippen LogP) is 3.29. The summed E-state index contributed by atoms with van der Waals surface area (Å²) in [7, 11) is 0. The minimum Gasteiger partial charge on any atom is -0.449 e. The Morgan fingerprint density at radius 2 is 1.76 bits per heavy atom. The molecule has 5 heteroatoms. The third-order valence-corrected chi connectivity index (χ3v) is 4.43. The number of fused-ring (bicyclic) bond motifs is 1. The molecule has 25 heavy (non-hydrogen) atoms. The van der Waals surface area contributed by atoms with Crippen molar-refractivity contribution in [2.75, 3.05) is 18.4 Å². The Kier molecular flexibility index (Phi) is 3.98. The Labute approximate surface area is 145 Å². The molecule has 0 saturated carbocycles. The van der Waals surface area contributed by atoms with Gasteiger partial charge in [0.25, 0.3) is 11.8 Å². The van der Waals surface area contributed by atoms with Crippen molar-refractivity contribution in [2.45, 2.75) is 12.8 Å². The number of benzene rings is 2. The Morgan fingerprint density at radius 3 is 2.52 bits per heavy atom. The zero-order chi connectivity index (χ0) is 17.2. The number of ether oxygens (including phenoxy) is 1. The van der Waals surface area contributed by atoms with Crippen LogP contribution in [0.3, 0.4) is 0 Å². The fraction of sp³-hybridized carbons (Fsp3) is 0.200. The minimum atomic E-state index is -0.282. The molecule has 1 saturated heterocycles. The summed E-state index contributed by atoms with van der Waals surface area (Å²) in [4.78, 5) is 26.4. The number of likely N-dealkylation sites (tertiary alicyclic amines) is 1. The predicted molar refractivity (Wildman–Crippen MR) is 95.3 cm³/mol. The van der Waals surface area contributed by atoms with Gasteiger partial charge in [-0.25, -0.2) is 0 Å². The maximum atomic E-state index is 12.4. The number of anilines is 1. The van der Waals surface area contributed by atoms with Gasteiger partial charge < -0.3 is 15.0 Å². The maximum absolute atomic E-state index is 12.4. The molecule has 1 N–H and O–H groups in total. The summed E-state index contributed by atoms with van der Waals surface area (Å²) in [5.41, 5.74) is 2.14. The Balaban J connectivity index is 1.53. The van der Waals surface area contributed by atoms with Crippen LogP contribution in [0.15, 0.2) is 54.3 Å². The van der Waals surface area contributed by atoms with E-state index < -0.39 is 0 Å². The summed E-state index contributed by atoms with van der Waals surface area (Å²) < 4.78 is 5.68. The number of carbonyl (C=O) groups is 2. The summed E-state index contributed by atoms with van der Waals surface area (Å²) in [6.07, 6.45) is 3.82. The van der Waals surface area contributed by atoms with Crippen molar-refractivity contribution in [3.8, 4) is 5.75 Å². The van der Waals surface area contributed by atoms with Crippen molar-refractivity contribution in [3.63, 3.8) is 0 Å². The molecule has 2 aromatic carbocycles. The average Bonchev–Trinajstić information content (AvgIpc) is 3.17. The van der Waals surface area contributed by atoms with E-state index in [0.717, 1.165) is 31.5 Å². The molecule has 0 radical (unpaired) electrons. The van der Waals surface area contributed by atoms with Crippen molar-refractivity contribution in [1.29, 1.82) is 0 Å². The first-order valence-corrected chi connectivity index (χ1v) is 8.40. The summed E-state index contributed by atoms with van der Waals surface area (Å²) in [5.74, 6) is 0.639. The molecule has 0 spiro atoms. The van der Waals surface area contributed by atoms with Gasteiger partial charge in [-0.1, -0.05) is 24.3 Å². The van der Waals surface area contributed by atoms with Crippen molar-refractivity contribution >= 4 is 23.6 Å². The molecule has 2 aliphatic heterocycles. The highest BCUT2D eigenvalue weighted by Crippen LogP contribution is 2.30. The number of nitrogens with zero attached hydrogens (tertiary/aromatic N) is 1. The largest absolute Gasteiger partial charge is 0.449 e. The van der Waals surface area contributed by atoms with Gasteiger partial charge in [-0.2, -0.15) is 0 Å². The molecule has 1 fully saturated rings. The number of hydrogen-bond acceptors (Lipinski definition) is 3. The standard InChI is InChI=1S/C20H18N2O3/c23-19-18(25-17-6-2-1-5-16(17)21-19)13-14-7-9-15(10-8-14)20(24)22-11-3-4-12-22/h1-2,5-10,13H,3-4,11-12H2,(H,21,23). The number of nitrogens with one attached hydrogen (secondary N) is 1. The molecular weight excluding hydrogens is 316 g/mol. The third-order valence-electron chi connectivity index (χ3n) is 4.43. The fourth-order valence-electron chi connectivity index (χ4n) is 3.08. The van der Waals surface area contributed by atoms with E-state index >= 15 is 0 Å². The molecule has 2 aromatic rings. The van der Waals surface area contributed by atoms with E-state index in [1.165, 1.54) is 0 Å². The molecule has 0 aliphatic carbocycles. The van der Waals surface area contributed by atoms with Gasteiger partial charge in [0.2, 0.25) is 0 Å². The van der Waals surface area contributed by atoms with Crippen molar-refractivity contribution < 1.29 is 14.3 Å². The minimum absolute atomic E-state index is 0.0669. The van der Waals surface area contributed by atoms with Gasteiger partial charge in [-0.3, -0.25) is 9.59 Å². The monoisotopic (exact) mass is 334 g/mol. The number of rotatable bonds is 2. The van der Waals surface area contributed by atoms with Crippen LogP contribution in [0.25, 0.3) is 6.08 Å². The quantitative estimate of drug-likeness (QED) is 0.857. The second kappa shape index (κ2) is 6.43. The average molecular weight is 334 g/mol. The van der Waals surface area contributed by atoms with Crippen molar-refractivity contribution in [2.24, 2.45) is 0 Å². The van der Waals surface area contributed by atoms with E-state index in [0.29, 0.717) is 17.0 Å². The van der Waals surface area contributed by atoms with Gasteiger partial charge in [0.05, 0.1) is 5.69 Å². The van der Waals surface area contributed by atoms with Crippen LogP contribution in [0.4, 0.5) is 5.69 Å². The smallest absolute Gasteiger partial charge is 0.291 e. The Bertz CT molecular complexity index is 849. The molecule has 0 aromatic heterocycles. The number of hydrogen-bond donors (Lipinski definition) is 1. The van der Waals surface area contributed by atoms with E-state index in [1.54, 1.807) is 30.3 Å². The zero-order valence-electron chi connectivity index (χ0n) is 13.7. The Hall–Kier alpha value is -3.08. The summed E-state index contributed by atoms with van der Waals surface area (Å²) in [6, 6.07) is 14.5. The molecule has 0 unspecified atom stereocenters. The van der Waals surface area contributed by atoms with E-state index in [2.05, 4.69) is 5.32 Å². The topological polar surface area (TPSA) is 58.6 Å². The first kappa shape index (κ1) is 15.4. The first-order valence-electron chi connectivity index (χ1n) is 8.40. The number of para-hydroxylation sites is 2. The summed E-state index contributed by atoms with van der Waals surface area (Å²) in [5, 5.41) is 2.80. The normalized spacial score (nSPS) is 17.8. The molecule has 5 nitrogen and oxygen atoms in total. The molecular formula is C20H18N2O3. The van der Waals surface area contributed by atoms with E-state index in [4.69, 9.17) is 4.74 Å². The lowest BCUT2D eigenvalue weighted by atomic mass is 10.1. The zero-order valence-corrected chi connectivity index (χ0v) is 13.7. The van der Waals surface area contributed by atoms with E-state index in [-0.39, 0.29) is 17.6 Å². The highest BCUT2D eigenvalue weighted by atomic mass is 16.5. The van der Waals surface area contributed by atoms with Crippen LogP contribution < -0.4 is 10.1 Å². The summed E-state index contributed by atoms with van der Waals surface area (Å²) in [6.45, 7) is 1.66. The van der Waals surface area contributed by atoms with Crippen molar-refractivity contribution in [3.05, 3.63) is 65.4 Å². The van der Waals surface area contributed by atoms with Crippen LogP contribution >= 0.6 is 0 Å². The maximum Gasteiger partial charge on any atom is 0.291 e. The molecule has 126 valence electrons. The fourth-order valence-corrected chi connectivity index (χ4v) is 3.08. The van der Waals surface area contributed by atoms with Crippen LogP contribution in [-0.2, 0) is 4.79 Å². The molecule has 0 atom stereocenters. The molecule has 2 heterocycles. The second-order valence-electron chi connectivity index (χ2n) is 6.18. The highest BCUT2D eigenvalue weighted by Gasteiger charge is 2.22. The van der Waals surface area contributed by atoms with Gasteiger partial charge in [-0.15, -0.1) is 0 Å². The lowest BCUT2D eigenvalue weighted by molar-refractivity contribution is -0.115. The van der Waals surface area contributed by atoms with Crippen LogP contribution in [0.5, 0.6) is 5.75 Å². The van der Waals surface area contributed by atoms with Gasteiger partial charge in [0, 0.05) is 18.7 Å². The third kappa shape index (κ3) is 3.13. The van der Waals surface area contributed by atoms with E-state index in [1.807, 2.05) is 29.2 Å². The lowest BCUT2D eigenvalue weighted by Crippen LogP contribution is -2.27. The van der Waals surface area contributed by atoms with Crippen LogP contribution in [0.2, 0.25) is 0 Å². The van der Waals surface area contributed by atoms with Crippen LogP contribution in [0.1, 0.15) is 28.8 Å². The lowest BCUT2D eigenvalue weighted by Gasteiger charge is -2.19. The first-order chi connectivity index (χ1) is 12.2. The van der Waals surface area contributed by atoms with Gasteiger partial charge >= 0.3 is 0 Å². The number of carbonyl (C=O) groups excluding carboxylic acids is 2. The Morgan fingerprint density at radius 1 is 1.04 bits per heavy atom. The summed E-state index contributed by atoms with van der Waals surface area (Å²) >= 11 is 0. The molecule has 2 aliphatic rings. The SMILES string of the molecule is O=C1Nc2ccccc2OC1=Cc1ccc(C(=O)N2CCCC2)cc1. The molecule has 4 rings (SSSR count). The molecule has 0 bridgehead atoms. The highest BCUT2D eigenvalue weighted by molar-refractivity contribution is 6.08. The number of amides is 2.